The summed E-state index contributed by atoms with van der Waals surface area (Å²) >= 11 is 0. The zero-order valence-electron chi connectivity index (χ0n) is 10.1. The summed E-state index contributed by atoms with van der Waals surface area (Å²) < 4.78 is 5.29. The Kier molecular flexibility index (Phi) is 3.97. The Hall–Kier alpha value is -0.860. The van der Waals surface area contributed by atoms with E-state index in [1.807, 2.05) is 0 Å². The third-order valence-corrected chi connectivity index (χ3v) is 3.35. The molecule has 88 valence electrons. The first-order chi connectivity index (χ1) is 7.79. The minimum Gasteiger partial charge on any atom is -0.383 e. The first-order valence-electron chi connectivity index (χ1n) is 6.09. The molecule has 1 unspecified atom stereocenters. The lowest BCUT2D eigenvalue weighted by atomic mass is 9.81. The first-order valence-corrected chi connectivity index (χ1v) is 6.09. The maximum Gasteiger partial charge on any atom is 0.0657 e. The van der Waals surface area contributed by atoms with E-state index in [1.54, 1.807) is 7.11 Å². The second-order valence-electron chi connectivity index (χ2n) is 4.86. The fourth-order valence-corrected chi connectivity index (χ4v) is 2.42. The van der Waals surface area contributed by atoms with E-state index in [0.717, 1.165) is 12.5 Å². The molecular formula is C14H21NO. The van der Waals surface area contributed by atoms with Crippen molar-refractivity contribution in [3.8, 4) is 0 Å². The number of hydrogen-bond acceptors (Lipinski definition) is 2. The van der Waals surface area contributed by atoms with Gasteiger partial charge in [0, 0.05) is 13.2 Å². The zero-order valence-corrected chi connectivity index (χ0v) is 10.1. The van der Waals surface area contributed by atoms with Crippen LogP contribution in [0.1, 0.15) is 31.4 Å². The maximum atomic E-state index is 5.29. The van der Waals surface area contributed by atoms with E-state index in [4.69, 9.17) is 4.74 Å². The van der Waals surface area contributed by atoms with Crippen LogP contribution in [0.5, 0.6) is 0 Å². The molecule has 1 fully saturated rings. The van der Waals surface area contributed by atoms with Gasteiger partial charge < -0.3 is 10.1 Å². The van der Waals surface area contributed by atoms with Gasteiger partial charge in [-0.05, 0) is 24.3 Å². The minimum absolute atomic E-state index is 0.337. The van der Waals surface area contributed by atoms with E-state index >= 15 is 0 Å². The fourth-order valence-electron chi connectivity index (χ4n) is 2.42. The minimum atomic E-state index is 0.337. The Bertz CT molecular complexity index is 306. The summed E-state index contributed by atoms with van der Waals surface area (Å²) in [6.45, 7) is 3.06. The SMILES string of the molecule is COCC(NC1CC(C)C1)c1ccccc1. The number of methoxy groups -OCH3 is 1. The van der Waals surface area contributed by atoms with Crippen LogP contribution in [0.25, 0.3) is 0 Å². The quantitative estimate of drug-likeness (QED) is 0.822. The number of benzene rings is 1. The van der Waals surface area contributed by atoms with Gasteiger partial charge in [0.15, 0.2) is 0 Å². The van der Waals surface area contributed by atoms with E-state index in [9.17, 15) is 0 Å². The van der Waals surface area contributed by atoms with Gasteiger partial charge in [-0.15, -0.1) is 0 Å². The van der Waals surface area contributed by atoms with Crippen LogP contribution in [0.15, 0.2) is 30.3 Å². The summed E-state index contributed by atoms with van der Waals surface area (Å²) in [7, 11) is 1.76. The third-order valence-electron chi connectivity index (χ3n) is 3.35. The average Bonchev–Trinajstić information content (AvgIpc) is 2.27. The molecule has 1 atom stereocenters. The largest absolute Gasteiger partial charge is 0.383 e. The van der Waals surface area contributed by atoms with Crippen molar-refractivity contribution in [1.29, 1.82) is 0 Å². The Labute approximate surface area is 98.0 Å². The van der Waals surface area contributed by atoms with Crippen molar-refractivity contribution in [1.82, 2.24) is 5.32 Å². The molecule has 0 aliphatic heterocycles. The summed E-state index contributed by atoms with van der Waals surface area (Å²) in [6.07, 6.45) is 2.60. The van der Waals surface area contributed by atoms with Gasteiger partial charge in [0.05, 0.1) is 12.6 Å². The predicted molar refractivity (Wildman–Crippen MR) is 66.4 cm³/mol. The standard InChI is InChI=1S/C14H21NO/c1-11-8-13(9-11)15-14(10-16-2)12-6-4-3-5-7-12/h3-7,11,13-15H,8-10H2,1-2H3. The van der Waals surface area contributed by atoms with Gasteiger partial charge in [-0.3, -0.25) is 0 Å². The van der Waals surface area contributed by atoms with Gasteiger partial charge in [-0.1, -0.05) is 37.3 Å². The lowest BCUT2D eigenvalue weighted by molar-refractivity contribution is 0.138. The summed E-state index contributed by atoms with van der Waals surface area (Å²) in [5.74, 6) is 0.886. The van der Waals surface area contributed by atoms with Gasteiger partial charge in [-0.25, -0.2) is 0 Å². The molecule has 16 heavy (non-hydrogen) atoms. The van der Waals surface area contributed by atoms with Crippen LogP contribution in [-0.2, 0) is 4.74 Å². The summed E-state index contributed by atoms with van der Waals surface area (Å²) in [5.41, 5.74) is 1.32. The predicted octanol–water partition coefficient (Wildman–Crippen LogP) is 2.76. The van der Waals surface area contributed by atoms with Crippen molar-refractivity contribution in [2.45, 2.75) is 31.8 Å². The molecule has 2 nitrogen and oxygen atoms in total. The average molecular weight is 219 g/mol. The highest BCUT2D eigenvalue weighted by atomic mass is 16.5. The summed E-state index contributed by atoms with van der Waals surface area (Å²) in [4.78, 5) is 0. The van der Waals surface area contributed by atoms with Gasteiger partial charge in [0.25, 0.3) is 0 Å². The molecule has 1 aromatic rings. The third kappa shape index (κ3) is 2.83. The Morgan fingerprint density at radius 1 is 1.31 bits per heavy atom. The first kappa shape index (κ1) is 11.6. The second-order valence-corrected chi connectivity index (χ2v) is 4.86. The Morgan fingerprint density at radius 3 is 2.56 bits per heavy atom. The highest BCUT2D eigenvalue weighted by Gasteiger charge is 2.27. The molecule has 0 heterocycles. The molecule has 1 N–H and O–H groups in total. The van der Waals surface area contributed by atoms with E-state index in [-0.39, 0.29) is 0 Å². The molecule has 0 saturated heterocycles. The highest BCUT2D eigenvalue weighted by molar-refractivity contribution is 5.19. The van der Waals surface area contributed by atoms with Gasteiger partial charge >= 0.3 is 0 Å². The van der Waals surface area contributed by atoms with Crippen LogP contribution in [0.4, 0.5) is 0 Å². The van der Waals surface area contributed by atoms with E-state index in [1.165, 1.54) is 18.4 Å². The van der Waals surface area contributed by atoms with Crippen molar-refractivity contribution in [3.63, 3.8) is 0 Å². The molecule has 2 heteroatoms. The van der Waals surface area contributed by atoms with Crippen molar-refractivity contribution in [3.05, 3.63) is 35.9 Å². The molecule has 0 amide bonds. The van der Waals surface area contributed by atoms with Crippen LogP contribution in [0.2, 0.25) is 0 Å². The zero-order chi connectivity index (χ0) is 11.4. The summed E-state index contributed by atoms with van der Waals surface area (Å²) in [5, 5.41) is 3.68. The van der Waals surface area contributed by atoms with Crippen molar-refractivity contribution >= 4 is 0 Å². The normalized spacial score (nSPS) is 26.1. The number of hydrogen-bond donors (Lipinski definition) is 1. The Morgan fingerprint density at radius 2 is 2.00 bits per heavy atom. The highest BCUT2D eigenvalue weighted by Crippen LogP contribution is 2.28. The van der Waals surface area contributed by atoms with E-state index < -0.39 is 0 Å². The molecule has 0 bridgehead atoms. The number of rotatable bonds is 5. The second kappa shape index (κ2) is 5.46. The van der Waals surface area contributed by atoms with Gasteiger partial charge in [0.1, 0.15) is 0 Å². The van der Waals surface area contributed by atoms with Crippen LogP contribution in [0.3, 0.4) is 0 Å². The van der Waals surface area contributed by atoms with Crippen molar-refractivity contribution < 1.29 is 4.74 Å². The van der Waals surface area contributed by atoms with Crippen LogP contribution in [-0.4, -0.2) is 19.8 Å². The smallest absolute Gasteiger partial charge is 0.0657 e. The maximum absolute atomic E-state index is 5.29. The Balaban J connectivity index is 1.94. The van der Waals surface area contributed by atoms with Crippen LogP contribution in [0, 0.1) is 5.92 Å². The molecule has 1 aliphatic rings. The number of nitrogens with one attached hydrogen (secondary N) is 1. The molecule has 1 aromatic carbocycles. The van der Waals surface area contributed by atoms with E-state index in [2.05, 4.69) is 42.6 Å². The topological polar surface area (TPSA) is 21.3 Å². The molecule has 0 spiro atoms. The van der Waals surface area contributed by atoms with Crippen LogP contribution >= 0.6 is 0 Å². The number of ether oxygens (including phenoxy) is 1. The van der Waals surface area contributed by atoms with Gasteiger partial charge in [-0.2, -0.15) is 0 Å². The molecular weight excluding hydrogens is 198 g/mol. The van der Waals surface area contributed by atoms with Crippen molar-refractivity contribution in [2.75, 3.05) is 13.7 Å². The fraction of sp³-hybridized carbons (Fsp3) is 0.571. The summed E-state index contributed by atoms with van der Waals surface area (Å²) in [6, 6.07) is 11.6. The van der Waals surface area contributed by atoms with E-state index in [0.29, 0.717) is 12.1 Å². The van der Waals surface area contributed by atoms with Crippen molar-refractivity contribution in [2.24, 2.45) is 5.92 Å². The lowest BCUT2D eigenvalue weighted by Gasteiger charge is -2.36. The van der Waals surface area contributed by atoms with Gasteiger partial charge in [0.2, 0.25) is 0 Å². The van der Waals surface area contributed by atoms with Crippen LogP contribution < -0.4 is 5.32 Å². The lowest BCUT2D eigenvalue weighted by Crippen LogP contribution is -2.43. The molecule has 0 aromatic heterocycles. The molecule has 2 rings (SSSR count). The monoisotopic (exact) mass is 219 g/mol. The molecule has 0 radical (unpaired) electrons. The molecule has 1 saturated carbocycles. The molecule has 1 aliphatic carbocycles.